The van der Waals surface area contributed by atoms with Crippen LogP contribution in [0.15, 0.2) is 18.5 Å². The molecular formula is C13H15FN2O4. The molecule has 20 heavy (non-hydrogen) atoms. The fourth-order valence-electron chi connectivity index (χ4n) is 2.47. The zero-order valence-corrected chi connectivity index (χ0v) is 10.9. The Balaban J connectivity index is 2.00. The number of nitrogens with zero attached hydrogens (tertiary/aromatic N) is 2. The SMILES string of the molecule is COc1cc2c(cc1F)ncn2[C@H]1C[C@H](O)[C@@H](CO)O1. The summed E-state index contributed by atoms with van der Waals surface area (Å²) in [5, 5.41) is 18.9. The van der Waals surface area contributed by atoms with Crippen molar-refractivity contribution in [1.82, 2.24) is 9.55 Å². The Morgan fingerprint density at radius 2 is 2.35 bits per heavy atom. The van der Waals surface area contributed by atoms with Crippen molar-refractivity contribution < 1.29 is 24.1 Å². The third-order valence-corrected chi connectivity index (χ3v) is 3.54. The summed E-state index contributed by atoms with van der Waals surface area (Å²) in [4.78, 5) is 4.12. The zero-order chi connectivity index (χ0) is 14.3. The molecule has 0 bridgehead atoms. The number of aromatic nitrogens is 2. The van der Waals surface area contributed by atoms with Crippen LogP contribution in [0.3, 0.4) is 0 Å². The molecule has 1 aliphatic heterocycles. The number of halogens is 1. The molecule has 1 aromatic carbocycles. The Kier molecular flexibility index (Phi) is 3.33. The molecule has 6 nitrogen and oxygen atoms in total. The molecule has 7 heteroatoms. The molecule has 1 aliphatic rings. The van der Waals surface area contributed by atoms with Gasteiger partial charge >= 0.3 is 0 Å². The average Bonchev–Trinajstić information content (AvgIpc) is 3.00. The number of benzene rings is 1. The zero-order valence-electron chi connectivity index (χ0n) is 10.9. The molecule has 3 rings (SSSR count). The van der Waals surface area contributed by atoms with E-state index < -0.39 is 24.3 Å². The van der Waals surface area contributed by atoms with E-state index >= 15 is 0 Å². The summed E-state index contributed by atoms with van der Waals surface area (Å²) >= 11 is 0. The Hall–Kier alpha value is -1.70. The van der Waals surface area contributed by atoms with Crippen LogP contribution in [0.1, 0.15) is 12.6 Å². The molecule has 1 aromatic heterocycles. The molecule has 1 fully saturated rings. The molecule has 0 unspecified atom stereocenters. The van der Waals surface area contributed by atoms with Crippen LogP contribution in [-0.2, 0) is 4.74 Å². The van der Waals surface area contributed by atoms with E-state index in [1.165, 1.54) is 19.5 Å². The molecule has 1 saturated heterocycles. The lowest BCUT2D eigenvalue weighted by molar-refractivity contribution is -0.0430. The summed E-state index contributed by atoms with van der Waals surface area (Å²) in [6.45, 7) is -0.248. The van der Waals surface area contributed by atoms with E-state index in [0.717, 1.165) is 0 Å². The van der Waals surface area contributed by atoms with Gasteiger partial charge in [0, 0.05) is 18.6 Å². The van der Waals surface area contributed by atoms with Crippen LogP contribution in [0.25, 0.3) is 11.0 Å². The Morgan fingerprint density at radius 1 is 1.55 bits per heavy atom. The van der Waals surface area contributed by atoms with Crippen molar-refractivity contribution >= 4 is 11.0 Å². The number of rotatable bonds is 3. The van der Waals surface area contributed by atoms with Gasteiger partial charge in [0.1, 0.15) is 12.3 Å². The van der Waals surface area contributed by atoms with Crippen LogP contribution in [0.2, 0.25) is 0 Å². The van der Waals surface area contributed by atoms with Gasteiger partial charge in [-0.15, -0.1) is 0 Å². The minimum atomic E-state index is -0.732. The number of hydrogen-bond donors (Lipinski definition) is 2. The summed E-state index contributed by atoms with van der Waals surface area (Å²) in [5.74, 6) is -0.359. The van der Waals surface area contributed by atoms with E-state index in [4.69, 9.17) is 14.6 Å². The van der Waals surface area contributed by atoms with Crippen molar-refractivity contribution in [2.24, 2.45) is 0 Å². The highest BCUT2D eigenvalue weighted by molar-refractivity contribution is 5.77. The first-order valence-electron chi connectivity index (χ1n) is 6.28. The van der Waals surface area contributed by atoms with Crippen LogP contribution in [0.4, 0.5) is 4.39 Å². The molecule has 2 heterocycles. The third-order valence-electron chi connectivity index (χ3n) is 3.54. The molecule has 0 saturated carbocycles. The molecule has 2 N–H and O–H groups in total. The third kappa shape index (κ3) is 2.04. The van der Waals surface area contributed by atoms with Crippen molar-refractivity contribution in [3.63, 3.8) is 0 Å². The number of aliphatic hydroxyl groups excluding tert-OH is 2. The van der Waals surface area contributed by atoms with Gasteiger partial charge < -0.3 is 24.3 Å². The Morgan fingerprint density at radius 3 is 3.00 bits per heavy atom. The minimum absolute atomic E-state index is 0.122. The van der Waals surface area contributed by atoms with Gasteiger partial charge in [-0.2, -0.15) is 0 Å². The maximum atomic E-state index is 13.6. The van der Waals surface area contributed by atoms with Gasteiger partial charge in [0.15, 0.2) is 11.6 Å². The van der Waals surface area contributed by atoms with E-state index in [0.29, 0.717) is 17.5 Å². The van der Waals surface area contributed by atoms with Crippen molar-refractivity contribution in [2.45, 2.75) is 24.9 Å². The van der Waals surface area contributed by atoms with Crippen LogP contribution in [-0.4, -0.2) is 45.7 Å². The van der Waals surface area contributed by atoms with Gasteiger partial charge in [0.25, 0.3) is 0 Å². The van der Waals surface area contributed by atoms with E-state index in [9.17, 15) is 9.50 Å². The van der Waals surface area contributed by atoms with E-state index in [-0.39, 0.29) is 12.4 Å². The van der Waals surface area contributed by atoms with Gasteiger partial charge in [0.05, 0.1) is 37.2 Å². The smallest absolute Gasteiger partial charge is 0.167 e. The summed E-state index contributed by atoms with van der Waals surface area (Å²) < 4.78 is 25.8. The predicted molar refractivity (Wildman–Crippen MR) is 67.9 cm³/mol. The second-order valence-corrected chi connectivity index (χ2v) is 4.74. The summed E-state index contributed by atoms with van der Waals surface area (Å²) in [7, 11) is 1.39. The average molecular weight is 282 g/mol. The first-order valence-corrected chi connectivity index (χ1v) is 6.28. The van der Waals surface area contributed by atoms with Gasteiger partial charge in [-0.3, -0.25) is 0 Å². The fraction of sp³-hybridized carbons (Fsp3) is 0.462. The predicted octanol–water partition coefficient (Wildman–Crippen LogP) is 0.825. The maximum absolute atomic E-state index is 13.6. The number of ether oxygens (including phenoxy) is 2. The first kappa shape index (κ1) is 13.3. The van der Waals surface area contributed by atoms with Gasteiger partial charge in [-0.25, -0.2) is 9.37 Å². The second-order valence-electron chi connectivity index (χ2n) is 4.74. The van der Waals surface area contributed by atoms with Crippen molar-refractivity contribution in [1.29, 1.82) is 0 Å². The quantitative estimate of drug-likeness (QED) is 0.871. The standard InChI is InChI=1S/C13H15FN2O4/c1-19-11-3-9-8(2-7(11)14)15-6-16(9)13-4-10(18)12(5-17)20-13/h2-3,6,10,12-13,17-18H,4-5H2,1H3/t10-,12+,13+/m0/s1. The van der Waals surface area contributed by atoms with Crippen LogP contribution >= 0.6 is 0 Å². The molecule has 0 amide bonds. The lowest BCUT2D eigenvalue weighted by Gasteiger charge is -2.14. The van der Waals surface area contributed by atoms with Crippen molar-refractivity contribution in [3.05, 3.63) is 24.3 Å². The van der Waals surface area contributed by atoms with E-state index in [1.807, 2.05) is 0 Å². The largest absolute Gasteiger partial charge is 0.494 e. The highest BCUT2D eigenvalue weighted by atomic mass is 19.1. The Labute approximate surface area is 114 Å². The minimum Gasteiger partial charge on any atom is -0.494 e. The van der Waals surface area contributed by atoms with Crippen LogP contribution in [0.5, 0.6) is 5.75 Å². The summed E-state index contributed by atoms with van der Waals surface area (Å²) in [5.41, 5.74) is 1.13. The number of aliphatic hydroxyl groups is 2. The number of imidazole rings is 1. The van der Waals surface area contributed by atoms with Crippen molar-refractivity contribution in [2.75, 3.05) is 13.7 Å². The number of hydrogen-bond acceptors (Lipinski definition) is 5. The fourth-order valence-corrected chi connectivity index (χ4v) is 2.47. The first-order chi connectivity index (χ1) is 9.63. The summed E-state index contributed by atoms with van der Waals surface area (Å²) in [6, 6.07) is 2.83. The van der Waals surface area contributed by atoms with Crippen LogP contribution in [0, 0.1) is 5.82 Å². The lowest BCUT2D eigenvalue weighted by atomic mass is 10.2. The topological polar surface area (TPSA) is 76.7 Å². The molecule has 0 spiro atoms. The maximum Gasteiger partial charge on any atom is 0.167 e. The monoisotopic (exact) mass is 282 g/mol. The highest BCUT2D eigenvalue weighted by Crippen LogP contribution is 2.32. The van der Waals surface area contributed by atoms with Gasteiger partial charge in [-0.05, 0) is 0 Å². The molecule has 0 aliphatic carbocycles. The molecule has 3 atom stereocenters. The van der Waals surface area contributed by atoms with E-state index in [1.54, 1.807) is 10.6 Å². The summed E-state index contributed by atoms with van der Waals surface area (Å²) in [6.07, 6.45) is 0.0868. The van der Waals surface area contributed by atoms with E-state index in [2.05, 4.69) is 4.98 Å². The lowest BCUT2D eigenvalue weighted by Crippen LogP contribution is -2.24. The molecule has 2 aromatic rings. The highest BCUT2D eigenvalue weighted by Gasteiger charge is 2.35. The molecule has 108 valence electrons. The van der Waals surface area contributed by atoms with Crippen LogP contribution < -0.4 is 4.74 Å². The van der Waals surface area contributed by atoms with Crippen molar-refractivity contribution in [3.8, 4) is 5.75 Å². The van der Waals surface area contributed by atoms with Gasteiger partial charge in [-0.1, -0.05) is 0 Å². The Bertz CT molecular complexity index is 630. The molecule has 0 radical (unpaired) electrons. The van der Waals surface area contributed by atoms with Gasteiger partial charge in [0.2, 0.25) is 0 Å². The normalized spacial score (nSPS) is 26.3. The number of methoxy groups -OCH3 is 1. The second kappa shape index (κ2) is 5.01. The molecular weight excluding hydrogens is 267 g/mol. The number of fused-ring (bicyclic) bond motifs is 1.